The van der Waals surface area contributed by atoms with Gasteiger partial charge in [0.1, 0.15) is 0 Å². The Morgan fingerprint density at radius 1 is 1.20 bits per heavy atom. The molecule has 2 aliphatic heterocycles. The Balaban J connectivity index is 2.05. The number of rotatable bonds is 4. The maximum absolute atomic E-state index is 2.81. The van der Waals surface area contributed by atoms with Crippen LogP contribution in [0, 0.1) is 0 Å². The third-order valence-corrected chi connectivity index (χ3v) is 4.76. The molecule has 2 rings (SSSR count). The van der Waals surface area contributed by atoms with Crippen molar-refractivity contribution in [3.63, 3.8) is 0 Å². The number of fused-ring (bicyclic) bond motifs is 2. The summed E-state index contributed by atoms with van der Waals surface area (Å²) in [4.78, 5) is 5.35. The van der Waals surface area contributed by atoms with Gasteiger partial charge in [0.15, 0.2) is 0 Å². The van der Waals surface area contributed by atoms with Crippen molar-refractivity contribution in [2.45, 2.75) is 64.1 Å². The molecular weight excluding hydrogens is 184 g/mol. The Kier molecular flexibility index (Phi) is 3.09. The summed E-state index contributed by atoms with van der Waals surface area (Å²) in [5.41, 5.74) is 0.468. The summed E-state index contributed by atoms with van der Waals surface area (Å²) in [7, 11) is 2.28. The third kappa shape index (κ3) is 1.83. The van der Waals surface area contributed by atoms with Gasteiger partial charge in [-0.15, -0.1) is 0 Å². The third-order valence-electron chi connectivity index (χ3n) is 4.76. The van der Waals surface area contributed by atoms with Crippen LogP contribution in [0.2, 0.25) is 0 Å². The molecular formula is C13H26N2. The average molecular weight is 210 g/mol. The summed E-state index contributed by atoms with van der Waals surface area (Å²) >= 11 is 0. The molecule has 0 aromatic carbocycles. The van der Waals surface area contributed by atoms with Crippen LogP contribution in [-0.4, -0.2) is 47.6 Å². The van der Waals surface area contributed by atoms with E-state index in [4.69, 9.17) is 0 Å². The van der Waals surface area contributed by atoms with Gasteiger partial charge in [0, 0.05) is 30.7 Å². The minimum atomic E-state index is 0.468. The molecule has 2 saturated heterocycles. The molecule has 0 radical (unpaired) electrons. The van der Waals surface area contributed by atoms with Gasteiger partial charge in [0.2, 0.25) is 0 Å². The maximum Gasteiger partial charge on any atom is 0.0244 e. The summed E-state index contributed by atoms with van der Waals surface area (Å²) in [5.74, 6) is 0. The van der Waals surface area contributed by atoms with Gasteiger partial charge in [-0.1, -0.05) is 20.3 Å². The predicted molar refractivity (Wildman–Crippen MR) is 65.1 cm³/mol. The SMILES string of the molecule is CCCC(C)(CC)N1C[C@@H]2C[C@H]1CN2C. The smallest absolute Gasteiger partial charge is 0.0244 e. The van der Waals surface area contributed by atoms with E-state index in [0.717, 1.165) is 12.1 Å². The van der Waals surface area contributed by atoms with E-state index in [0.29, 0.717) is 5.54 Å². The highest BCUT2D eigenvalue weighted by atomic mass is 15.4. The highest BCUT2D eigenvalue weighted by molar-refractivity contribution is 5.04. The van der Waals surface area contributed by atoms with Gasteiger partial charge in [-0.2, -0.15) is 0 Å². The molecule has 1 unspecified atom stereocenters. The number of piperazine rings is 1. The van der Waals surface area contributed by atoms with Gasteiger partial charge in [-0.05, 0) is 33.2 Å². The first-order valence-corrected chi connectivity index (χ1v) is 6.57. The highest BCUT2D eigenvalue weighted by Gasteiger charge is 2.47. The molecule has 15 heavy (non-hydrogen) atoms. The molecule has 0 saturated carbocycles. The first kappa shape index (κ1) is 11.4. The summed E-state index contributed by atoms with van der Waals surface area (Å²) in [6, 6.07) is 1.69. The maximum atomic E-state index is 2.81. The van der Waals surface area contributed by atoms with Crippen LogP contribution in [0.4, 0.5) is 0 Å². The fraction of sp³-hybridized carbons (Fsp3) is 1.00. The summed E-state index contributed by atoms with van der Waals surface area (Å²) in [5, 5.41) is 0. The van der Waals surface area contributed by atoms with Gasteiger partial charge in [-0.25, -0.2) is 0 Å². The van der Waals surface area contributed by atoms with Crippen molar-refractivity contribution in [1.29, 1.82) is 0 Å². The molecule has 0 amide bonds. The second kappa shape index (κ2) is 4.06. The quantitative estimate of drug-likeness (QED) is 0.703. The Morgan fingerprint density at radius 2 is 1.93 bits per heavy atom. The number of likely N-dealkylation sites (tertiary alicyclic amines) is 2. The van der Waals surface area contributed by atoms with Crippen molar-refractivity contribution >= 4 is 0 Å². The van der Waals surface area contributed by atoms with Crippen LogP contribution in [0.1, 0.15) is 46.5 Å². The molecule has 2 nitrogen and oxygen atoms in total. The van der Waals surface area contributed by atoms with E-state index in [9.17, 15) is 0 Å². The normalized spacial score (nSPS) is 36.0. The largest absolute Gasteiger partial charge is 0.301 e. The highest BCUT2D eigenvalue weighted by Crippen LogP contribution is 2.38. The second-order valence-corrected chi connectivity index (χ2v) is 5.74. The molecule has 0 spiro atoms. The molecule has 2 heterocycles. The fourth-order valence-corrected chi connectivity index (χ4v) is 3.59. The first-order valence-electron chi connectivity index (χ1n) is 6.57. The van der Waals surface area contributed by atoms with E-state index in [2.05, 4.69) is 37.6 Å². The predicted octanol–water partition coefficient (Wildman–Crippen LogP) is 2.34. The standard InChI is InChI=1S/C13H26N2/c1-5-7-13(3,6-2)15-10-11-8-12(15)9-14(11)4/h11-12H,5-10H2,1-4H3/t11-,12-,13?/m0/s1. The zero-order valence-corrected chi connectivity index (χ0v) is 10.8. The number of hydrogen-bond acceptors (Lipinski definition) is 2. The van der Waals surface area contributed by atoms with Crippen molar-refractivity contribution in [3.8, 4) is 0 Å². The minimum Gasteiger partial charge on any atom is -0.301 e. The molecule has 2 fully saturated rings. The molecule has 0 aromatic heterocycles. The lowest BCUT2D eigenvalue weighted by atomic mass is 9.90. The molecule has 3 atom stereocenters. The molecule has 0 aliphatic carbocycles. The van der Waals surface area contributed by atoms with Crippen LogP contribution in [0.15, 0.2) is 0 Å². The number of hydrogen-bond donors (Lipinski definition) is 0. The van der Waals surface area contributed by atoms with Crippen molar-refractivity contribution in [3.05, 3.63) is 0 Å². The number of nitrogens with zero attached hydrogens (tertiary/aromatic N) is 2. The summed E-state index contributed by atoms with van der Waals surface area (Å²) in [6.45, 7) is 9.74. The van der Waals surface area contributed by atoms with E-state index < -0.39 is 0 Å². The average Bonchev–Trinajstić information content (AvgIpc) is 2.76. The lowest BCUT2D eigenvalue weighted by Gasteiger charge is -2.45. The van der Waals surface area contributed by atoms with E-state index in [-0.39, 0.29) is 0 Å². The first-order chi connectivity index (χ1) is 7.10. The van der Waals surface area contributed by atoms with E-state index in [1.165, 1.54) is 38.8 Å². The van der Waals surface area contributed by atoms with Crippen molar-refractivity contribution in [1.82, 2.24) is 9.80 Å². The zero-order chi connectivity index (χ0) is 11.1. The van der Waals surface area contributed by atoms with Crippen LogP contribution < -0.4 is 0 Å². The monoisotopic (exact) mass is 210 g/mol. The van der Waals surface area contributed by atoms with Crippen LogP contribution in [-0.2, 0) is 0 Å². The van der Waals surface area contributed by atoms with Gasteiger partial charge < -0.3 is 4.90 Å². The Morgan fingerprint density at radius 3 is 2.33 bits per heavy atom. The van der Waals surface area contributed by atoms with E-state index >= 15 is 0 Å². The van der Waals surface area contributed by atoms with Gasteiger partial charge in [0.25, 0.3) is 0 Å². The lowest BCUT2D eigenvalue weighted by molar-refractivity contribution is 0.0357. The van der Waals surface area contributed by atoms with Crippen molar-refractivity contribution in [2.75, 3.05) is 20.1 Å². The van der Waals surface area contributed by atoms with Crippen LogP contribution >= 0.6 is 0 Å². The summed E-state index contributed by atoms with van der Waals surface area (Å²) < 4.78 is 0. The van der Waals surface area contributed by atoms with E-state index in [1.807, 2.05) is 0 Å². The van der Waals surface area contributed by atoms with Gasteiger partial charge >= 0.3 is 0 Å². The van der Waals surface area contributed by atoms with Crippen LogP contribution in [0.3, 0.4) is 0 Å². The molecule has 0 aromatic rings. The molecule has 88 valence electrons. The molecule has 2 bridgehead atoms. The Hall–Kier alpha value is -0.0800. The lowest BCUT2D eigenvalue weighted by Crippen LogP contribution is -2.55. The number of likely N-dealkylation sites (N-methyl/N-ethyl adjacent to an activating group) is 1. The second-order valence-electron chi connectivity index (χ2n) is 5.74. The van der Waals surface area contributed by atoms with Crippen molar-refractivity contribution in [2.24, 2.45) is 0 Å². The minimum absolute atomic E-state index is 0.468. The summed E-state index contributed by atoms with van der Waals surface area (Å²) in [6.07, 6.45) is 5.38. The topological polar surface area (TPSA) is 6.48 Å². The Labute approximate surface area is 94.6 Å². The molecule has 2 aliphatic rings. The van der Waals surface area contributed by atoms with Crippen LogP contribution in [0.5, 0.6) is 0 Å². The fourth-order valence-electron chi connectivity index (χ4n) is 3.59. The van der Waals surface area contributed by atoms with Gasteiger partial charge in [-0.3, -0.25) is 4.90 Å². The molecule has 2 heteroatoms. The zero-order valence-electron chi connectivity index (χ0n) is 10.8. The van der Waals surface area contributed by atoms with Gasteiger partial charge in [0.05, 0.1) is 0 Å². The van der Waals surface area contributed by atoms with E-state index in [1.54, 1.807) is 0 Å². The van der Waals surface area contributed by atoms with Crippen LogP contribution in [0.25, 0.3) is 0 Å². The Bertz CT molecular complexity index is 227. The molecule has 0 N–H and O–H groups in total. The van der Waals surface area contributed by atoms with Crippen molar-refractivity contribution < 1.29 is 0 Å².